The summed E-state index contributed by atoms with van der Waals surface area (Å²) in [6.07, 6.45) is 6.40. The molecule has 17 heavy (non-hydrogen) atoms. The summed E-state index contributed by atoms with van der Waals surface area (Å²) >= 11 is 0. The van der Waals surface area contributed by atoms with Crippen LogP contribution in [0, 0.1) is 6.92 Å². The molecular weight excluding hydrogens is 213 g/mol. The number of hydrogen-bond acceptors (Lipinski definition) is 4. The number of fused-ring (bicyclic) bond motifs is 1. The lowest BCUT2D eigenvalue weighted by molar-refractivity contribution is 0.641. The molecule has 6 heteroatoms. The lowest BCUT2D eigenvalue weighted by atomic mass is 9.63. The summed E-state index contributed by atoms with van der Waals surface area (Å²) in [6.45, 7) is 1.90. The fourth-order valence-corrected chi connectivity index (χ4v) is 2.31. The first-order chi connectivity index (χ1) is 8.33. The van der Waals surface area contributed by atoms with E-state index in [2.05, 4.69) is 32.5 Å². The molecule has 0 spiro atoms. The van der Waals surface area contributed by atoms with E-state index in [0.717, 1.165) is 22.8 Å². The summed E-state index contributed by atoms with van der Waals surface area (Å²) in [4.78, 5) is 16.0. The smallest absolute Gasteiger partial charge is 0.183 e. The highest BCUT2D eigenvalue weighted by atomic mass is 15.1. The van der Waals surface area contributed by atoms with Crippen LogP contribution in [0.15, 0.2) is 6.33 Å². The first-order valence-electron chi connectivity index (χ1n) is 6.09. The van der Waals surface area contributed by atoms with Crippen LogP contribution in [0.2, 0.25) is 12.6 Å². The van der Waals surface area contributed by atoms with Crippen LogP contribution in [-0.4, -0.2) is 33.3 Å². The molecule has 1 fully saturated rings. The van der Waals surface area contributed by atoms with Crippen LogP contribution in [0.25, 0.3) is 11.2 Å². The van der Waals surface area contributed by atoms with Gasteiger partial charge in [-0.3, -0.25) is 0 Å². The molecule has 0 aromatic carbocycles. The predicted molar refractivity (Wildman–Crippen MR) is 68.4 cm³/mol. The third-order valence-corrected chi connectivity index (χ3v) is 3.18. The third-order valence-electron chi connectivity index (χ3n) is 3.18. The number of aromatic amines is 1. The van der Waals surface area contributed by atoms with Crippen LogP contribution in [0.5, 0.6) is 0 Å². The van der Waals surface area contributed by atoms with Gasteiger partial charge < -0.3 is 10.3 Å². The molecule has 3 rings (SSSR count). The molecule has 0 aliphatic carbocycles. The van der Waals surface area contributed by atoms with Gasteiger partial charge in [0, 0.05) is 6.04 Å². The molecule has 0 bridgehead atoms. The highest BCUT2D eigenvalue weighted by molar-refractivity contribution is 6.35. The molecule has 0 amide bonds. The van der Waals surface area contributed by atoms with E-state index >= 15 is 0 Å². The Morgan fingerprint density at radius 2 is 2.18 bits per heavy atom. The molecule has 1 aliphatic rings. The van der Waals surface area contributed by atoms with Crippen molar-refractivity contribution < 1.29 is 0 Å². The standard InChI is InChI=1S/C11H15BN5/c1-7-15-10-9(13-6-14-10)11(16-7)17-8-2-4-12-5-3-8/h6,8H,2-5H2,1H3,(H2,13,14,15,16,17). The Hall–Kier alpha value is -1.59. The number of nitrogens with zero attached hydrogens (tertiary/aromatic N) is 3. The van der Waals surface area contributed by atoms with E-state index in [1.165, 1.54) is 25.5 Å². The summed E-state index contributed by atoms with van der Waals surface area (Å²) in [5.74, 6) is 1.64. The molecule has 1 radical (unpaired) electrons. The van der Waals surface area contributed by atoms with Crippen molar-refractivity contribution in [2.24, 2.45) is 0 Å². The van der Waals surface area contributed by atoms with Crippen molar-refractivity contribution >= 4 is 24.3 Å². The second kappa shape index (κ2) is 4.35. The highest BCUT2D eigenvalue weighted by Crippen LogP contribution is 2.22. The monoisotopic (exact) mass is 228 g/mol. The first kappa shape index (κ1) is 10.6. The van der Waals surface area contributed by atoms with Gasteiger partial charge in [0.25, 0.3) is 0 Å². The van der Waals surface area contributed by atoms with Gasteiger partial charge >= 0.3 is 0 Å². The predicted octanol–water partition coefficient (Wildman–Crippen LogP) is 1.78. The fraction of sp³-hybridized carbons (Fsp3) is 0.545. The molecule has 2 aromatic heterocycles. The molecule has 0 unspecified atom stereocenters. The quantitative estimate of drug-likeness (QED) is 0.768. The van der Waals surface area contributed by atoms with Gasteiger partial charge in [-0.25, -0.2) is 15.0 Å². The van der Waals surface area contributed by atoms with E-state index in [9.17, 15) is 0 Å². The van der Waals surface area contributed by atoms with Crippen molar-refractivity contribution in [2.75, 3.05) is 5.32 Å². The topological polar surface area (TPSA) is 66.5 Å². The number of H-pyrrole nitrogens is 1. The summed E-state index contributed by atoms with van der Waals surface area (Å²) in [6, 6.07) is 0.515. The van der Waals surface area contributed by atoms with E-state index < -0.39 is 0 Å². The average Bonchev–Trinajstić information content (AvgIpc) is 2.78. The molecule has 0 saturated carbocycles. The average molecular weight is 228 g/mol. The van der Waals surface area contributed by atoms with Crippen molar-refractivity contribution in [3.8, 4) is 0 Å². The molecule has 1 saturated heterocycles. The molecular formula is C11H15BN5. The van der Waals surface area contributed by atoms with E-state index in [-0.39, 0.29) is 0 Å². The van der Waals surface area contributed by atoms with Crippen molar-refractivity contribution in [2.45, 2.75) is 38.4 Å². The number of nitrogens with one attached hydrogen (secondary N) is 2. The fourth-order valence-electron chi connectivity index (χ4n) is 2.31. The minimum atomic E-state index is 0.515. The van der Waals surface area contributed by atoms with Crippen molar-refractivity contribution in [3.63, 3.8) is 0 Å². The van der Waals surface area contributed by atoms with Gasteiger partial charge in [0.15, 0.2) is 11.5 Å². The van der Waals surface area contributed by atoms with Gasteiger partial charge in [0.1, 0.15) is 18.6 Å². The van der Waals surface area contributed by atoms with Gasteiger partial charge in [-0.05, 0) is 19.8 Å². The van der Waals surface area contributed by atoms with Crippen LogP contribution in [0.1, 0.15) is 18.7 Å². The first-order valence-corrected chi connectivity index (χ1v) is 6.09. The van der Waals surface area contributed by atoms with Crippen molar-refractivity contribution in [3.05, 3.63) is 12.2 Å². The zero-order valence-electron chi connectivity index (χ0n) is 9.90. The molecule has 87 valence electrons. The summed E-state index contributed by atoms with van der Waals surface area (Å²) in [5, 5.41) is 3.51. The Bertz CT molecular complexity index is 518. The Kier molecular flexibility index (Phi) is 2.70. The number of anilines is 1. The maximum absolute atomic E-state index is 4.46. The summed E-state index contributed by atoms with van der Waals surface area (Å²) < 4.78 is 0. The summed E-state index contributed by atoms with van der Waals surface area (Å²) in [7, 11) is 2.36. The number of hydrogen-bond donors (Lipinski definition) is 2. The van der Waals surface area contributed by atoms with Gasteiger partial charge in [-0.1, -0.05) is 12.6 Å². The van der Waals surface area contributed by atoms with E-state index in [1.54, 1.807) is 6.33 Å². The number of imidazole rings is 1. The SMILES string of the molecule is Cc1nc(NC2CC[B]CC2)c2[nH]cnc2n1. The zero-order valence-corrected chi connectivity index (χ0v) is 9.90. The van der Waals surface area contributed by atoms with Crippen molar-refractivity contribution in [1.82, 2.24) is 19.9 Å². The van der Waals surface area contributed by atoms with Gasteiger partial charge in [0.05, 0.1) is 6.33 Å². The minimum Gasteiger partial charge on any atom is -0.365 e. The van der Waals surface area contributed by atoms with Crippen LogP contribution in [0.3, 0.4) is 0 Å². The lowest BCUT2D eigenvalue weighted by Crippen LogP contribution is -2.24. The maximum Gasteiger partial charge on any atom is 0.183 e. The largest absolute Gasteiger partial charge is 0.365 e. The second-order valence-electron chi connectivity index (χ2n) is 4.51. The Labute approximate surface area is 101 Å². The molecule has 0 atom stereocenters. The maximum atomic E-state index is 4.46. The van der Waals surface area contributed by atoms with Crippen LogP contribution in [-0.2, 0) is 0 Å². The van der Waals surface area contributed by atoms with Gasteiger partial charge in [0.2, 0.25) is 0 Å². The van der Waals surface area contributed by atoms with Gasteiger partial charge in [-0.2, -0.15) is 0 Å². The minimum absolute atomic E-state index is 0.515. The van der Waals surface area contributed by atoms with Crippen LogP contribution < -0.4 is 5.32 Å². The van der Waals surface area contributed by atoms with Gasteiger partial charge in [-0.15, -0.1) is 0 Å². The number of aryl methyl sites for hydroxylation is 1. The molecule has 2 aromatic rings. The number of rotatable bonds is 2. The Balaban J connectivity index is 1.90. The summed E-state index contributed by atoms with van der Waals surface area (Å²) in [5.41, 5.74) is 1.65. The van der Waals surface area contributed by atoms with Crippen LogP contribution in [0.4, 0.5) is 5.82 Å². The van der Waals surface area contributed by atoms with E-state index in [4.69, 9.17) is 0 Å². The zero-order chi connectivity index (χ0) is 11.7. The number of aromatic nitrogens is 4. The third kappa shape index (κ3) is 2.11. The Morgan fingerprint density at radius 1 is 1.35 bits per heavy atom. The van der Waals surface area contributed by atoms with E-state index in [1.807, 2.05) is 6.92 Å². The molecule has 1 aliphatic heterocycles. The van der Waals surface area contributed by atoms with Crippen LogP contribution >= 0.6 is 0 Å². The molecule has 2 N–H and O–H groups in total. The lowest BCUT2D eigenvalue weighted by Gasteiger charge is -2.23. The second-order valence-corrected chi connectivity index (χ2v) is 4.51. The highest BCUT2D eigenvalue weighted by Gasteiger charge is 2.16. The Morgan fingerprint density at radius 3 is 3.00 bits per heavy atom. The molecule has 5 nitrogen and oxygen atoms in total. The van der Waals surface area contributed by atoms with Crippen molar-refractivity contribution in [1.29, 1.82) is 0 Å². The van der Waals surface area contributed by atoms with E-state index in [0.29, 0.717) is 6.04 Å². The molecule has 3 heterocycles. The normalized spacial score (nSPS) is 17.0.